The molecule has 0 bridgehead atoms. The monoisotopic (exact) mass is 210 g/mol. The minimum atomic E-state index is -0.514. The Balaban J connectivity index is 2.31. The van der Waals surface area contributed by atoms with Crippen molar-refractivity contribution < 1.29 is 8.71 Å². The number of aromatic nitrogens is 2. The Bertz CT molecular complexity index is 377. The molecule has 1 heterocycles. The van der Waals surface area contributed by atoms with Crippen LogP contribution in [0.3, 0.4) is 0 Å². The molecular weight excluding hydrogens is 204 g/mol. The molecule has 0 N–H and O–H groups in total. The van der Waals surface area contributed by atoms with Gasteiger partial charge in [0.15, 0.2) is 6.10 Å². The lowest BCUT2D eigenvalue weighted by Crippen LogP contribution is -2.01. The molecule has 0 spiro atoms. The van der Waals surface area contributed by atoms with Crippen molar-refractivity contribution in [2.45, 2.75) is 6.10 Å². The minimum absolute atomic E-state index is 0.339. The van der Waals surface area contributed by atoms with E-state index in [2.05, 4.69) is 10.2 Å². The van der Waals surface area contributed by atoms with Crippen molar-refractivity contribution in [3.8, 4) is 0 Å². The Morgan fingerprint density at radius 3 is 2.64 bits per heavy atom. The van der Waals surface area contributed by atoms with Gasteiger partial charge in [0.2, 0.25) is 6.39 Å². The fraction of sp³-hybridized carbons (Fsp3) is 0.111. The topological polar surface area (TPSA) is 48.2 Å². The fourth-order valence-corrected chi connectivity index (χ4v) is 1.33. The molecular formula is C9H7ClN2O2. The third-order valence-corrected chi connectivity index (χ3v) is 1.97. The summed E-state index contributed by atoms with van der Waals surface area (Å²) in [5.74, 6) is 0.339. The van der Waals surface area contributed by atoms with Crippen LogP contribution in [0.25, 0.3) is 0 Å². The SMILES string of the molecule is ClOC(c1ccccc1)c1nnco1. The van der Waals surface area contributed by atoms with Crippen molar-refractivity contribution in [2.24, 2.45) is 0 Å². The number of nitrogens with zero attached hydrogens (tertiary/aromatic N) is 2. The van der Waals surface area contributed by atoms with E-state index in [-0.39, 0.29) is 0 Å². The summed E-state index contributed by atoms with van der Waals surface area (Å²) < 4.78 is 9.77. The zero-order valence-corrected chi connectivity index (χ0v) is 7.89. The minimum Gasteiger partial charge on any atom is -0.425 e. The van der Waals surface area contributed by atoms with Gasteiger partial charge in [-0.3, -0.25) is 4.29 Å². The van der Waals surface area contributed by atoms with E-state index in [0.29, 0.717) is 5.89 Å². The molecule has 0 aliphatic rings. The Morgan fingerprint density at radius 1 is 1.29 bits per heavy atom. The standard InChI is InChI=1S/C9H7ClN2O2/c10-14-8(9-12-11-6-13-9)7-4-2-1-3-5-7/h1-6,8H. The summed E-state index contributed by atoms with van der Waals surface area (Å²) >= 11 is 5.37. The first kappa shape index (κ1) is 9.18. The maximum absolute atomic E-state index is 5.37. The Morgan fingerprint density at radius 2 is 2.07 bits per heavy atom. The van der Waals surface area contributed by atoms with Crippen LogP contribution >= 0.6 is 11.9 Å². The first-order valence-electron chi connectivity index (χ1n) is 4.00. The fourth-order valence-electron chi connectivity index (χ4n) is 1.16. The summed E-state index contributed by atoms with van der Waals surface area (Å²) in [6.45, 7) is 0. The summed E-state index contributed by atoms with van der Waals surface area (Å²) in [6.07, 6.45) is 0.724. The lowest BCUT2D eigenvalue weighted by Gasteiger charge is -2.07. The van der Waals surface area contributed by atoms with Gasteiger partial charge in [-0.2, -0.15) is 0 Å². The van der Waals surface area contributed by atoms with Crippen molar-refractivity contribution in [1.82, 2.24) is 10.2 Å². The van der Waals surface area contributed by atoms with Gasteiger partial charge < -0.3 is 4.42 Å². The highest BCUT2D eigenvalue weighted by atomic mass is 35.5. The second-order valence-corrected chi connectivity index (χ2v) is 2.83. The number of hydrogen-bond donors (Lipinski definition) is 0. The Hall–Kier alpha value is -1.39. The number of halogens is 1. The smallest absolute Gasteiger partial charge is 0.251 e. The van der Waals surface area contributed by atoms with E-state index in [1.807, 2.05) is 30.3 Å². The van der Waals surface area contributed by atoms with Crippen molar-refractivity contribution in [2.75, 3.05) is 0 Å². The predicted molar refractivity (Wildman–Crippen MR) is 49.5 cm³/mol. The normalized spacial score (nSPS) is 12.6. The lowest BCUT2D eigenvalue weighted by molar-refractivity contribution is 0.228. The second-order valence-electron chi connectivity index (χ2n) is 2.66. The van der Waals surface area contributed by atoms with Crippen molar-refractivity contribution in [3.63, 3.8) is 0 Å². The van der Waals surface area contributed by atoms with E-state index in [4.69, 9.17) is 20.6 Å². The molecule has 72 valence electrons. The molecule has 1 aromatic carbocycles. The van der Waals surface area contributed by atoms with Gasteiger partial charge in [-0.05, 0) is 5.56 Å². The van der Waals surface area contributed by atoms with Crippen LogP contribution in [0.5, 0.6) is 0 Å². The van der Waals surface area contributed by atoms with Crippen LogP contribution in [0.4, 0.5) is 0 Å². The zero-order chi connectivity index (χ0) is 9.80. The molecule has 1 unspecified atom stereocenters. The van der Waals surface area contributed by atoms with Crippen LogP contribution in [0, 0.1) is 0 Å². The van der Waals surface area contributed by atoms with E-state index in [1.54, 1.807) is 0 Å². The highest BCUT2D eigenvalue weighted by Gasteiger charge is 2.19. The van der Waals surface area contributed by atoms with Crippen molar-refractivity contribution in [1.29, 1.82) is 0 Å². The largest absolute Gasteiger partial charge is 0.425 e. The van der Waals surface area contributed by atoms with Gasteiger partial charge in [0.1, 0.15) is 0 Å². The van der Waals surface area contributed by atoms with Gasteiger partial charge in [0, 0.05) is 0 Å². The molecule has 1 atom stereocenters. The Labute approximate surface area is 85.6 Å². The third-order valence-electron chi connectivity index (χ3n) is 1.79. The summed E-state index contributed by atoms with van der Waals surface area (Å²) in [6, 6.07) is 9.42. The summed E-state index contributed by atoms with van der Waals surface area (Å²) in [5.41, 5.74) is 0.867. The first-order valence-corrected chi connectivity index (χ1v) is 4.31. The third kappa shape index (κ3) is 1.76. The van der Waals surface area contributed by atoms with Crippen LogP contribution in [-0.2, 0) is 4.29 Å². The summed E-state index contributed by atoms with van der Waals surface area (Å²) in [7, 11) is 0. The molecule has 4 nitrogen and oxygen atoms in total. The molecule has 5 heteroatoms. The van der Waals surface area contributed by atoms with Crippen molar-refractivity contribution in [3.05, 3.63) is 48.2 Å². The maximum atomic E-state index is 5.37. The molecule has 1 aromatic heterocycles. The molecule has 0 aliphatic carbocycles. The number of hydrogen-bond acceptors (Lipinski definition) is 4. The molecule has 2 aromatic rings. The van der Waals surface area contributed by atoms with Crippen LogP contribution < -0.4 is 0 Å². The van der Waals surface area contributed by atoms with Gasteiger partial charge in [-0.25, -0.2) is 0 Å². The molecule has 0 aliphatic heterocycles. The molecule has 0 fully saturated rings. The molecule has 2 rings (SSSR count). The van der Waals surface area contributed by atoms with Gasteiger partial charge in [-0.1, -0.05) is 30.3 Å². The second kappa shape index (κ2) is 4.21. The van der Waals surface area contributed by atoms with Crippen LogP contribution in [-0.4, -0.2) is 10.2 Å². The van der Waals surface area contributed by atoms with E-state index in [9.17, 15) is 0 Å². The summed E-state index contributed by atoms with van der Waals surface area (Å²) in [4.78, 5) is 0. The van der Waals surface area contributed by atoms with Crippen LogP contribution in [0.15, 0.2) is 41.1 Å². The lowest BCUT2D eigenvalue weighted by atomic mass is 10.1. The van der Waals surface area contributed by atoms with E-state index in [0.717, 1.165) is 5.56 Å². The van der Waals surface area contributed by atoms with Gasteiger partial charge >= 0.3 is 0 Å². The quantitative estimate of drug-likeness (QED) is 0.780. The van der Waals surface area contributed by atoms with Gasteiger partial charge in [0.05, 0.1) is 11.9 Å². The number of benzene rings is 1. The van der Waals surface area contributed by atoms with Crippen LogP contribution in [0.2, 0.25) is 0 Å². The average Bonchev–Trinajstić information content (AvgIpc) is 2.74. The number of rotatable bonds is 3. The molecule has 0 saturated heterocycles. The molecule has 0 saturated carbocycles. The van der Waals surface area contributed by atoms with Crippen molar-refractivity contribution >= 4 is 11.9 Å². The Kier molecular flexibility index (Phi) is 2.76. The predicted octanol–water partition coefficient (Wildman–Crippen LogP) is 2.33. The van der Waals surface area contributed by atoms with E-state index >= 15 is 0 Å². The van der Waals surface area contributed by atoms with Crippen LogP contribution in [0.1, 0.15) is 17.6 Å². The first-order chi connectivity index (χ1) is 6.92. The molecule has 0 radical (unpaired) electrons. The van der Waals surface area contributed by atoms with Gasteiger partial charge in [-0.15, -0.1) is 10.2 Å². The van der Waals surface area contributed by atoms with Gasteiger partial charge in [0.25, 0.3) is 5.89 Å². The highest BCUT2D eigenvalue weighted by molar-refractivity contribution is 6.07. The van der Waals surface area contributed by atoms with E-state index in [1.165, 1.54) is 6.39 Å². The zero-order valence-electron chi connectivity index (χ0n) is 7.13. The summed E-state index contributed by atoms with van der Waals surface area (Å²) in [5, 5.41) is 7.30. The molecule has 14 heavy (non-hydrogen) atoms. The van der Waals surface area contributed by atoms with E-state index < -0.39 is 6.10 Å². The molecule has 0 amide bonds. The maximum Gasteiger partial charge on any atom is 0.251 e. The highest BCUT2D eigenvalue weighted by Crippen LogP contribution is 2.24. The average molecular weight is 211 g/mol.